The maximum atomic E-state index is 11.0. The molecule has 110 valence electrons. The molecule has 0 amide bonds. The maximum absolute atomic E-state index is 11.0. The summed E-state index contributed by atoms with van der Waals surface area (Å²) < 4.78 is 5.61. The molecule has 1 saturated carbocycles. The first kappa shape index (κ1) is 13.9. The van der Waals surface area contributed by atoms with E-state index in [9.17, 15) is 15.3 Å². The van der Waals surface area contributed by atoms with Crippen molar-refractivity contribution in [1.29, 1.82) is 0 Å². The predicted molar refractivity (Wildman–Crippen MR) is 75.3 cm³/mol. The third-order valence-corrected chi connectivity index (χ3v) is 5.44. The van der Waals surface area contributed by atoms with Crippen molar-refractivity contribution in [2.45, 2.75) is 56.8 Å². The number of furan rings is 1. The van der Waals surface area contributed by atoms with Crippen LogP contribution in [0.1, 0.15) is 37.8 Å². The summed E-state index contributed by atoms with van der Waals surface area (Å²) in [5.41, 5.74) is -0.788. The van der Waals surface area contributed by atoms with E-state index in [0.29, 0.717) is 30.1 Å². The third-order valence-electron chi connectivity index (χ3n) is 5.44. The minimum Gasteiger partial charge on any atom is -0.458 e. The first-order valence-corrected chi connectivity index (χ1v) is 7.06. The molecule has 0 unspecified atom stereocenters. The van der Waals surface area contributed by atoms with Gasteiger partial charge in [-0.05, 0) is 51.7 Å². The molecule has 1 heterocycles. The van der Waals surface area contributed by atoms with Crippen molar-refractivity contribution in [2.75, 3.05) is 0 Å². The van der Waals surface area contributed by atoms with Crippen LogP contribution in [0.15, 0.2) is 4.42 Å². The van der Waals surface area contributed by atoms with Crippen LogP contribution in [0.25, 0.3) is 12.7 Å². The summed E-state index contributed by atoms with van der Waals surface area (Å²) in [5.74, 6) is -0.432. The molecule has 4 atom stereocenters. The summed E-state index contributed by atoms with van der Waals surface area (Å²) in [5, 5.41) is 32.4. The van der Waals surface area contributed by atoms with E-state index in [1.54, 1.807) is 19.9 Å². The monoisotopic (exact) mass is 278 g/mol. The van der Waals surface area contributed by atoms with Crippen molar-refractivity contribution in [2.24, 2.45) is 5.92 Å². The maximum Gasteiger partial charge on any atom is 0.129 e. The van der Waals surface area contributed by atoms with Crippen LogP contribution in [0, 0.1) is 12.8 Å². The number of hydrogen-bond acceptors (Lipinski definition) is 4. The second-order valence-corrected chi connectivity index (χ2v) is 6.82. The van der Waals surface area contributed by atoms with Crippen LogP contribution in [0.2, 0.25) is 0 Å². The Balaban J connectivity index is 2.28. The van der Waals surface area contributed by atoms with Crippen LogP contribution in [0.4, 0.5) is 0 Å². The van der Waals surface area contributed by atoms with Crippen LogP contribution in [-0.4, -0.2) is 32.1 Å². The van der Waals surface area contributed by atoms with Crippen LogP contribution in [-0.2, 0) is 6.42 Å². The van der Waals surface area contributed by atoms with Gasteiger partial charge in [0, 0.05) is 11.5 Å². The Bertz CT molecular complexity index is 667. The standard InChI is InChI=1S/C16H22O4/c1-9-10(2)20-12-8-15(4,18)16(19)6-5-14(3,17)13(16)7-11(9)12/h8,13,17-19H,2,5-7H2,1,3-4H3/t13-,14+,15+,16+/m1/s1. The Labute approximate surface area is 118 Å². The molecule has 2 aliphatic carbocycles. The number of hydrogen-bond donors (Lipinski definition) is 3. The SMILES string of the molecule is C=c1oc2c(c1C)C[C@@H]1[C@@](C)(O)CC[C@@]1(O)[C@@](C)(O)C=2. The Morgan fingerprint density at radius 2 is 1.90 bits per heavy atom. The minimum atomic E-state index is -1.44. The molecule has 2 aliphatic rings. The van der Waals surface area contributed by atoms with Crippen molar-refractivity contribution in [3.8, 4) is 0 Å². The normalized spacial score (nSPS) is 43.6. The van der Waals surface area contributed by atoms with Gasteiger partial charge in [0.2, 0.25) is 0 Å². The molecule has 0 radical (unpaired) electrons. The zero-order valence-electron chi connectivity index (χ0n) is 12.2. The van der Waals surface area contributed by atoms with Gasteiger partial charge in [-0.3, -0.25) is 0 Å². The van der Waals surface area contributed by atoms with Gasteiger partial charge in [0.05, 0.1) is 5.60 Å². The van der Waals surface area contributed by atoms with Gasteiger partial charge in [0.1, 0.15) is 22.0 Å². The fourth-order valence-electron chi connectivity index (χ4n) is 3.88. The molecule has 4 nitrogen and oxygen atoms in total. The molecule has 20 heavy (non-hydrogen) atoms. The summed E-state index contributed by atoms with van der Waals surface area (Å²) in [4.78, 5) is 0. The molecule has 1 fully saturated rings. The highest BCUT2D eigenvalue weighted by Gasteiger charge is 2.61. The first-order chi connectivity index (χ1) is 9.08. The van der Waals surface area contributed by atoms with E-state index in [2.05, 4.69) is 6.58 Å². The lowest BCUT2D eigenvalue weighted by Crippen LogP contribution is -2.56. The minimum absolute atomic E-state index is 0.370. The lowest BCUT2D eigenvalue weighted by Gasteiger charge is -2.42. The molecule has 0 aromatic carbocycles. The van der Waals surface area contributed by atoms with Crippen LogP contribution < -0.4 is 10.8 Å². The molecule has 0 aliphatic heterocycles. The van der Waals surface area contributed by atoms with Gasteiger partial charge in [-0.1, -0.05) is 6.58 Å². The highest BCUT2D eigenvalue weighted by Crippen LogP contribution is 2.51. The van der Waals surface area contributed by atoms with Gasteiger partial charge in [0.15, 0.2) is 0 Å². The smallest absolute Gasteiger partial charge is 0.129 e. The second-order valence-electron chi connectivity index (χ2n) is 6.82. The van der Waals surface area contributed by atoms with E-state index < -0.39 is 22.7 Å². The predicted octanol–water partition coefficient (Wildman–Crippen LogP) is -0.0220. The largest absolute Gasteiger partial charge is 0.458 e. The average molecular weight is 278 g/mol. The van der Waals surface area contributed by atoms with E-state index >= 15 is 0 Å². The molecule has 3 rings (SSSR count). The quantitative estimate of drug-likeness (QED) is 0.623. The van der Waals surface area contributed by atoms with Gasteiger partial charge in [0.25, 0.3) is 0 Å². The summed E-state index contributed by atoms with van der Waals surface area (Å²) in [7, 11) is 0. The second kappa shape index (κ2) is 3.75. The van der Waals surface area contributed by atoms with Crippen LogP contribution in [0.5, 0.6) is 0 Å². The number of rotatable bonds is 0. The first-order valence-electron chi connectivity index (χ1n) is 7.06. The van der Waals surface area contributed by atoms with E-state index in [4.69, 9.17) is 4.42 Å². The summed E-state index contributed by atoms with van der Waals surface area (Å²) in [6.07, 6.45) is 2.90. The van der Waals surface area contributed by atoms with E-state index in [0.717, 1.165) is 11.1 Å². The van der Waals surface area contributed by atoms with Gasteiger partial charge in [-0.15, -0.1) is 0 Å². The number of aliphatic hydroxyl groups is 3. The fourth-order valence-corrected chi connectivity index (χ4v) is 3.88. The van der Waals surface area contributed by atoms with Crippen LogP contribution in [0.3, 0.4) is 0 Å². The Hall–Kier alpha value is -1.10. The third kappa shape index (κ3) is 1.59. The van der Waals surface area contributed by atoms with E-state index in [1.807, 2.05) is 6.92 Å². The van der Waals surface area contributed by atoms with Crippen molar-refractivity contribution < 1.29 is 19.7 Å². The van der Waals surface area contributed by atoms with E-state index in [-0.39, 0.29) is 0 Å². The van der Waals surface area contributed by atoms with Crippen molar-refractivity contribution in [3.05, 3.63) is 22.0 Å². The van der Waals surface area contributed by atoms with Crippen LogP contribution >= 0.6 is 0 Å². The zero-order valence-corrected chi connectivity index (χ0v) is 12.2. The molecule has 1 aromatic heterocycles. The fraction of sp³-hybridized carbons (Fsp3) is 0.625. The molecular formula is C16H22O4. The van der Waals surface area contributed by atoms with E-state index in [1.165, 1.54) is 0 Å². The zero-order chi connectivity index (χ0) is 14.9. The Morgan fingerprint density at radius 3 is 2.55 bits per heavy atom. The lowest BCUT2D eigenvalue weighted by atomic mass is 9.72. The molecule has 0 spiro atoms. The lowest BCUT2D eigenvalue weighted by molar-refractivity contribution is -0.150. The summed E-state index contributed by atoms with van der Waals surface area (Å²) >= 11 is 0. The molecule has 0 bridgehead atoms. The molecule has 0 saturated heterocycles. The van der Waals surface area contributed by atoms with Crippen molar-refractivity contribution >= 4 is 12.7 Å². The average Bonchev–Trinajstić information content (AvgIpc) is 2.67. The number of fused-ring (bicyclic) bond motifs is 2. The van der Waals surface area contributed by atoms with Gasteiger partial charge in [-0.25, -0.2) is 0 Å². The summed E-state index contributed by atoms with van der Waals surface area (Å²) in [6.45, 7) is 9.08. The highest BCUT2D eigenvalue weighted by molar-refractivity contribution is 5.44. The van der Waals surface area contributed by atoms with Gasteiger partial charge in [-0.2, -0.15) is 0 Å². The molecular weight excluding hydrogens is 256 g/mol. The van der Waals surface area contributed by atoms with Crippen molar-refractivity contribution in [3.63, 3.8) is 0 Å². The molecule has 1 aromatic rings. The molecule has 3 N–H and O–H groups in total. The Kier molecular flexibility index (Phi) is 2.60. The highest BCUT2D eigenvalue weighted by atomic mass is 16.4. The topological polar surface area (TPSA) is 73.8 Å². The molecule has 4 heteroatoms. The Morgan fingerprint density at radius 1 is 1.25 bits per heavy atom. The van der Waals surface area contributed by atoms with Gasteiger partial charge < -0.3 is 19.7 Å². The van der Waals surface area contributed by atoms with Gasteiger partial charge >= 0.3 is 0 Å². The summed E-state index contributed by atoms with van der Waals surface area (Å²) in [6, 6.07) is 0. The van der Waals surface area contributed by atoms with Crippen molar-refractivity contribution in [1.82, 2.24) is 0 Å².